The Balaban J connectivity index is 1.88. The van der Waals surface area contributed by atoms with Crippen molar-refractivity contribution in [3.05, 3.63) is 101 Å². The number of pyridine rings is 1. The molecule has 4 aromatic rings. The van der Waals surface area contributed by atoms with Gasteiger partial charge in [-0.2, -0.15) is 39.5 Å². The molecule has 0 atom stereocenters. The Labute approximate surface area is 285 Å². The molecule has 272 valence electrons. The number of hydrogen-bond donors (Lipinski definition) is 1. The van der Waals surface area contributed by atoms with Crippen molar-refractivity contribution < 1.29 is 58.9 Å². The average molecular weight is 729 g/mol. The molecule has 0 aliphatic carbocycles. The summed E-state index contributed by atoms with van der Waals surface area (Å²) in [5, 5.41) is 8.81. The Bertz CT molecular complexity index is 1840. The van der Waals surface area contributed by atoms with Gasteiger partial charge in [0.25, 0.3) is 0 Å². The second-order valence-electron chi connectivity index (χ2n) is 11.2. The van der Waals surface area contributed by atoms with Gasteiger partial charge in [0, 0.05) is 25.1 Å². The summed E-state index contributed by atoms with van der Waals surface area (Å²) in [6.07, 6.45) is -13.0. The Morgan fingerprint density at radius 1 is 0.843 bits per heavy atom. The van der Waals surface area contributed by atoms with E-state index in [0.29, 0.717) is 23.4 Å². The molecule has 0 amide bonds. The summed E-state index contributed by atoms with van der Waals surface area (Å²) in [6.45, 7) is 4.14. The van der Waals surface area contributed by atoms with Crippen molar-refractivity contribution in [1.82, 2.24) is 15.0 Å². The molecule has 2 aromatic heterocycles. The van der Waals surface area contributed by atoms with Crippen LogP contribution in [0.4, 0.5) is 45.5 Å². The smallest absolute Gasteiger partial charge is 0.416 e. The number of carboxylic acid groups (broad SMARTS) is 1. The van der Waals surface area contributed by atoms with Crippen LogP contribution in [0.1, 0.15) is 53.3 Å². The first-order valence-corrected chi connectivity index (χ1v) is 14.9. The van der Waals surface area contributed by atoms with E-state index >= 15 is 0 Å². The number of anilines is 1. The Morgan fingerprint density at radius 3 is 1.98 bits per heavy atom. The van der Waals surface area contributed by atoms with Crippen LogP contribution < -0.4 is 14.4 Å². The fourth-order valence-corrected chi connectivity index (χ4v) is 4.87. The van der Waals surface area contributed by atoms with E-state index in [-0.39, 0.29) is 59.8 Å². The fourth-order valence-electron chi connectivity index (χ4n) is 4.87. The van der Waals surface area contributed by atoms with Crippen molar-refractivity contribution in [3.8, 4) is 22.8 Å². The van der Waals surface area contributed by atoms with Gasteiger partial charge in [-0.3, -0.25) is 4.79 Å². The predicted octanol–water partition coefficient (Wildman–Crippen LogP) is 9.09. The van der Waals surface area contributed by atoms with Gasteiger partial charge >= 0.3 is 24.5 Å². The third-order valence-electron chi connectivity index (χ3n) is 7.29. The van der Waals surface area contributed by atoms with E-state index in [1.165, 1.54) is 13.2 Å². The van der Waals surface area contributed by atoms with Gasteiger partial charge in [-0.05, 0) is 72.5 Å². The van der Waals surface area contributed by atoms with Crippen LogP contribution in [0.15, 0.2) is 67.5 Å². The number of aromatic nitrogens is 3. The number of hydrogen-bond acceptors (Lipinski definition) is 7. The molecule has 2 heterocycles. The zero-order chi connectivity index (χ0) is 37.7. The standard InChI is InChI=1S/C34H29F9N4O4/c1-19(2)27-8-9-28(50-3)30(46-27)26-7-6-22(32(35,36)37)13-21(26)18-47(31-44-15-25(16-45-31)51-10-4-5-29(48)49)17-20-11-23(33(38,39)40)14-24(12-20)34(41,42)43/h6-9,11-16H,1,4-5,10,17-18H2,2-3H3,(H,48,49). The number of ether oxygens (including phenoxy) is 2. The van der Waals surface area contributed by atoms with Crippen LogP contribution in [0.2, 0.25) is 0 Å². The summed E-state index contributed by atoms with van der Waals surface area (Å²) >= 11 is 0. The molecule has 1 N–H and O–H groups in total. The first kappa shape index (κ1) is 38.5. The van der Waals surface area contributed by atoms with Crippen LogP contribution >= 0.6 is 0 Å². The lowest BCUT2D eigenvalue weighted by atomic mass is 9.98. The van der Waals surface area contributed by atoms with Crippen LogP contribution in [0.5, 0.6) is 11.5 Å². The van der Waals surface area contributed by atoms with Crippen LogP contribution in [0.3, 0.4) is 0 Å². The second-order valence-corrected chi connectivity index (χ2v) is 11.2. The molecule has 17 heteroatoms. The summed E-state index contributed by atoms with van der Waals surface area (Å²) in [4.78, 5) is 24.6. The summed E-state index contributed by atoms with van der Waals surface area (Å²) < 4.78 is 135. The highest BCUT2D eigenvalue weighted by Gasteiger charge is 2.37. The molecule has 2 aromatic carbocycles. The third kappa shape index (κ3) is 10.1. The van der Waals surface area contributed by atoms with Crippen molar-refractivity contribution in [2.75, 3.05) is 18.6 Å². The predicted molar refractivity (Wildman–Crippen MR) is 167 cm³/mol. The van der Waals surface area contributed by atoms with Crippen molar-refractivity contribution in [2.24, 2.45) is 0 Å². The zero-order valence-electron chi connectivity index (χ0n) is 26.9. The highest BCUT2D eigenvalue weighted by atomic mass is 19.4. The van der Waals surface area contributed by atoms with Gasteiger partial charge in [0.15, 0.2) is 5.75 Å². The number of halogens is 9. The maximum atomic E-state index is 14.0. The number of nitrogens with zero attached hydrogens (tertiary/aromatic N) is 4. The maximum absolute atomic E-state index is 14.0. The van der Waals surface area contributed by atoms with Gasteiger partial charge in [-0.15, -0.1) is 0 Å². The minimum atomic E-state index is -5.16. The molecular weight excluding hydrogens is 699 g/mol. The molecule has 4 rings (SSSR count). The maximum Gasteiger partial charge on any atom is 0.416 e. The molecule has 51 heavy (non-hydrogen) atoms. The van der Waals surface area contributed by atoms with Crippen LogP contribution in [-0.2, 0) is 36.4 Å². The van der Waals surface area contributed by atoms with Crippen molar-refractivity contribution in [1.29, 1.82) is 0 Å². The number of alkyl halides is 9. The molecule has 8 nitrogen and oxygen atoms in total. The Kier molecular flexibility index (Phi) is 11.5. The number of carbonyl (C=O) groups is 1. The average Bonchev–Trinajstić information content (AvgIpc) is 3.05. The number of allylic oxidation sites excluding steroid dienone is 1. The quantitative estimate of drug-likeness (QED) is 0.108. The van der Waals surface area contributed by atoms with Crippen molar-refractivity contribution in [3.63, 3.8) is 0 Å². The molecule has 0 bridgehead atoms. The normalized spacial score (nSPS) is 12.1. The zero-order valence-corrected chi connectivity index (χ0v) is 26.9. The first-order valence-electron chi connectivity index (χ1n) is 14.9. The topological polar surface area (TPSA) is 97.7 Å². The van der Waals surface area contributed by atoms with Gasteiger partial charge in [0.2, 0.25) is 5.95 Å². The molecule has 0 spiro atoms. The lowest BCUT2D eigenvalue weighted by Gasteiger charge is -2.26. The Hall–Kier alpha value is -5.35. The van der Waals surface area contributed by atoms with Crippen molar-refractivity contribution >= 4 is 17.5 Å². The molecule has 0 aliphatic heterocycles. The number of benzene rings is 2. The Morgan fingerprint density at radius 2 is 1.45 bits per heavy atom. The SMILES string of the molecule is C=C(C)c1ccc(OC)c(-c2ccc(C(F)(F)F)cc2CN(Cc2cc(C(F)(F)F)cc(C(F)(F)F)c2)c2ncc(OCCCC(=O)O)cn2)n1. The lowest BCUT2D eigenvalue weighted by molar-refractivity contribution is -0.143. The largest absolute Gasteiger partial charge is 0.494 e. The van der Waals surface area contributed by atoms with Crippen molar-refractivity contribution in [2.45, 2.75) is 51.4 Å². The van der Waals surface area contributed by atoms with Crippen LogP contribution in [0, 0.1) is 0 Å². The molecular formula is C34H29F9N4O4. The van der Waals surface area contributed by atoms with Gasteiger partial charge < -0.3 is 19.5 Å². The summed E-state index contributed by atoms with van der Waals surface area (Å²) in [7, 11) is 1.31. The highest BCUT2D eigenvalue weighted by molar-refractivity contribution is 5.73. The highest BCUT2D eigenvalue weighted by Crippen LogP contribution is 2.39. The van der Waals surface area contributed by atoms with E-state index in [1.807, 2.05) is 0 Å². The van der Waals surface area contributed by atoms with E-state index < -0.39 is 59.8 Å². The summed E-state index contributed by atoms with van der Waals surface area (Å²) in [6, 6.07) is 6.75. The van der Waals surface area contributed by atoms with E-state index in [2.05, 4.69) is 21.5 Å². The molecule has 0 fully saturated rings. The minimum Gasteiger partial charge on any atom is -0.494 e. The molecule has 0 radical (unpaired) electrons. The van der Waals surface area contributed by atoms with Gasteiger partial charge in [0.05, 0.1) is 48.5 Å². The van der Waals surface area contributed by atoms with Crippen LogP contribution in [0.25, 0.3) is 16.8 Å². The molecule has 0 saturated carbocycles. The van der Waals surface area contributed by atoms with Gasteiger partial charge in [-0.25, -0.2) is 15.0 Å². The minimum absolute atomic E-state index is 0.0434. The molecule has 0 saturated heterocycles. The molecule has 0 aliphatic rings. The summed E-state index contributed by atoms with van der Waals surface area (Å²) in [5.74, 6) is -1.15. The van der Waals surface area contributed by atoms with Crippen LogP contribution in [-0.4, -0.2) is 39.7 Å². The van der Waals surface area contributed by atoms with Gasteiger partial charge in [-0.1, -0.05) is 12.6 Å². The number of aliphatic carboxylic acids is 1. The fraction of sp³-hybridized carbons (Fsp3) is 0.294. The number of rotatable bonds is 13. The van der Waals surface area contributed by atoms with E-state index in [4.69, 9.17) is 14.6 Å². The van der Waals surface area contributed by atoms with Gasteiger partial charge in [0.1, 0.15) is 11.4 Å². The van der Waals surface area contributed by atoms with E-state index in [9.17, 15) is 44.3 Å². The third-order valence-corrected chi connectivity index (χ3v) is 7.29. The first-order chi connectivity index (χ1) is 23.8. The summed E-state index contributed by atoms with van der Waals surface area (Å²) in [5.41, 5.74) is -3.80. The van der Waals surface area contributed by atoms with E-state index in [1.54, 1.807) is 13.0 Å². The second kappa shape index (κ2) is 15.3. The lowest BCUT2D eigenvalue weighted by Crippen LogP contribution is -2.26. The molecule has 0 unspecified atom stereocenters. The monoisotopic (exact) mass is 728 g/mol. The van der Waals surface area contributed by atoms with E-state index in [0.717, 1.165) is 35.5 Å². The number of methoxy groups -OCH3 is 1. The number of carboxylic acids is 1.